The molecule has 0 bridgehead atoms. The van der Waals surface area contributed by atoms with Crippen LogP contribution in [0.3, 0.4) is 0 Å². The summed E-state index contributed by atoms with van der Waals surface area (Å²) < 4.78 is 6.03. The SMILES string of the molecule is NC(=O)c1cnccc1Oc1ccc2c(c1)C(CNCCC1CCCCC1)CCC2. The van der Waals surface area contributed by atoms with Crippen LogP contribution in [0, 0.1) is 5.92 Å². The number of pyridine rings is 1. The van der Waals surface area contributed by atoms with Crippen molar-refractivity contribution in [3.05, 3.63) is 53.3 Å². The Morgan fingerprint density at radius 3 is 2.83 bits per heavy atom. The van der Waals surface area contributed by atoms with Crippen LogP contribution >= 0.6 is 0 Å². The summed E-state index contributed by atoms with van der Waals surface area (Å²) in [7, 11) is 0. The molecule has 0 saturated heterocycles. The molecule has 2 aliphatic carbocycles. The first-order chi connectivity index (χ1) is 14.7. The van der Waals surface area contributed by atoms with Gasteiger partial charge >= 0.3 is 0 Å². The van der Waals surface area contributed by atoms with E-state index in [-0.39, 0.29) is 0 Å². The zero-order valence-electron chi connectivity index (χ0n) is 17.7. The third-order valence-corrected chi connectivity index (χ3v) is 6.68. The lowest BCUT2D eigenvalue weighted by Crippen LogP contribution is -2.26. The minimum Gasteiger partial charge on any atom is -0.456 e. The highest BCUT2D eigenvalue weighted by molar-refractivity contribution is 5.95. The molecule has 0 radical (unpaired) electrons. The second-order valence-corrected chi connectivity index (χ2v) is 8.78. The van der Waals surface area contributed by atoms with Crippen molar-refractivity contribution < 1.29 is 9.53 Å². The number of nitrogens with two attached hydrogens (primary N) is 1. The van der Waals surface area contributed by atoms with E-state index in [1.807, 2.05) is 6.07 Å². The van der Waals surface area contributed by atoms with Crippen LogP contribution in [0.25, 0.3) is 0 Å². The van der Waals surface area contributed by atoms with Gasteiger partial charge in [0, 0.05) is 18.9 Å². The first-order valence-electron chi connectivity index (χ1n) is 11.5. The first-order valence-corrected chi connectivity index (χ1v) is 11.5. The number of fused-ring (bicyclic) bond motifs is 1. The van der Waals surface area contributed by atoms with E-state index >= 15 is 0 Å². The van der Waals surface area contributed by atoms with E-state index < -0.39 is 5.91 Å². The van der Waals surface area contributed by atoms with Gasteiger partial charge in [0.2, 0.25) is 0 Å². The molecule has 1 fully saturated rings. The van der Waals surface area contributed by atoms with Crippen molar-refractivity contribution in [2.24, 2.45) is 11.7 Å². The topological polar surface area (TPSA) is 77.2 Å². The molecule has 1 atom stereocenters. The summed E-state index contributed by atoms with van der Waals surface area (Å²) in [6.45, 7) is 2.14. The minimum atomic E-state index is -0.531. The van der Waals surface area contributed by atoms with E-state index in [1.54, 1.807) is 12.3 Å². The number of hydrogen-bond acceptors (Lipinski definition) is 4. The number of primary amides is 1. The molecule has 1 saturated carbocycles. The fourth-order valence-corrected chi connectivity index (χ4v) is 4.99. The molecule has 30 heavy (non-hydrogen) atoms. The highest BCUT2D eigenvalue weighted by Gasteiger charge is 2.21. The van der Waals surface area contributed by atoms with Gasteiger partial charge < -0.3 is 15.8 Å². The lowest BCUT2D eigenvalue weighted by atomic mass is 9.82. The Hall–Kier alpha value is -2.40. The predicted molar refractivity (Wildman–Crippen MR) is 119 cm³/mol. The van der Waals surface area contributed by atoms with Gasteiger partial charge in [-0.15, -0.1) is 0 Å². The summed E-state index contributed by atoms with van der Waals surface area (Å²) in [5.41, 5.74) is 8.55. The molecule has 4 rings (SSSR count). The average molecular weight is 408 g/mol. The second-order valence-electron chi connectivity index (χ2n) is 8.78. The highest BCUT2D eigenvalue weighted by Crippen LogP contribution is 2.35. The van der Waals surface area contributed by atoms with Gasteiger partial charge in [-0.25, -0.2) is 0 Å². The number of hydrogen-bond donors (Lipinski definition) is 2. The maximum Gasteiger partial charge on any atom is 0.254 e. The van der Waals surface area contributed by atoms with Crippen molar-refractivity contribution in [1.29, 1.82) is 0 Å². The third kappa shape index (κ3) is 5.20. The Morgan fingerprint density at radius 1 is 1.13 bits per heavy atom. The quantitative estimate of drug-likeness (QED) is 0.607. The molecule has 5 heteroatoms. The van der Waals surface area contributed by atoms with Crippen LogP contribution in [0.5, 0.6) is 11.5 Å². The van der Waals surface area contributed by atoms with Gasteiger partial charge in [0.05, 0.1) is 0 Å². The number of ether oxygens (including phenoxy) is 1. The number of carbonyl (C=O) groups excluding carboxylic acids is 1. The summed E-state index contributed by atoms with van der Waals surface area (Å²) in [4.78, 5) is 15.6. The summed E-state index contributed by atoms with van der Waals surface area (Å²) in [5, 5.41) is 3.73. The van der Waals surface area contributed by atoms with Crippen LogP contribution in [0.1, 0.15) is 78.8 Å². The molecule has 1 heterocycles. The maximum absolute atomic E-state index is 11.7. The van der Waals surface area contributed by atoms with Gasteiger partial charge in [-0.2, -0.15) is 0 Å². The van der Waals surface area contributed by atoms with Crippen LogP contribution in [-0.4, -0.2) is 24.0 Å². The average Bonchev–Trinajstić information content (AvgIpc) is 2.78. The summed E-state index contributed by atoms with van der Waals surface area (Å²) in [6.07, 6.45) is 15.0. The zero-order valence-corrected chi connectivity index (χ0v) is 17.7. The number of benzene rings is 1. The monoisotopic (exact) mass is 407 g/mol. The molecule has 1 amide bonds. The molecule has 0 spiro atoms. The predicted octanol–water partition coefficient (Wildman–Crippen LogP) is 4.95. The van der Waals surface area contributed by atoms with Crippen LogP contribution in [0.2, 0.25) is 0 Å². The van der Waals surface area contributed by atoms with E-state index in [4.69, 9.17) is 10.5 Å². The zero-order chi connectivity index (χ0) is 20.8. The van der Waals surface area contributed by atoms with E-state index in [0.717, 1.165) is 31.2 Å². The summed E-state index contributed by atoms with van der Waals surface area (Å²) in [6, 6.07) is 7.99. The number of aryl methyl sites for hydroxylation is 1. The third-order valence-electron chi connectivity index (χ3n) is 6.68. The Balaban J connectivity index is 1.39. The molecular weight excluding hydrogens is 374 g/mol. The van der Waals surface area contributed by atoms with Crippen molar-refractivity contribution >= 4 is 5.91 Å². The number of amides is 1. The van der Waals surface area contributed by atoms with E-state index in [2.05, 4.69) is 22.4 Å². The van der Waals surface area contributed by atoms with Crippen molar-refractivity contribution in [1.82, 2.24) is 10.3 Å². The van der Waals surface area contributed by atoms with Gasteiger partial charge in [0.15, 0.2) is 0 Å². The van der Waals surface area contributed by atoms with Gasteiger partial charge in [-0.3, -0.25) is 9.78 Å². The van der Waals surface area contributed by atoms with Crippen LogP contribution < -0.4 is 15.8 Å². The number of carbonyl (C=O) groups is 1. The standard InChI is InChI=1S/C25H33N3O2/c26-25(29)23-17-28-14-12-24(23)30-21-10-9-19-7-4-8-20(22(19)15-21)16-27-13-11-18-5-2-1-3-6-18/h9-10,12,14-15,17-18,20,27H,1-8,11,13,16H2,(H2,26,29). The Morgan fingerprint density at radius 2 is 2.00 bits per heavy atom. The normalized spacial score (nSPS) is 19.3. The molecule has 5 nitrogen and oxygen atoms in total. The Labute approximate surface area is 179 Å². The lowest BCUT2D eigenvalue weighted by molar-refractivity contribution is 0.0997. The molecule has 3 N–H and O–H groups in total. The first kappa shape index (κ1) is 20.9. The molecule has 1 aromatic carbocycles. The van der Waals surface area contributed by atoms with Crippen LogP contribution in [-0.2, 0) is 6.42 Å². The number of rotatable bonds is 8. The van der Waals surface area contributed by atoms with Crippen molar-refractivity contribution in [2.45, 2.75) is 63.7 Å². The van der Waals surface area contributed by atoms with E-state index in [1.165, 1.54) is 68.7 Å². The van der Waals surface area contributed by atoms with Crippen molar-refractivity contribution in [2.75, 3.05) is 13.1 Å². The van der Waals surface area contributed by atoms with Crippen LogP contribution in [0.15, 0.2) is 36.7 Å². The summed E-state index contributed by atoms with van der Waals surface area (Å²) in [5.74, 6) is 2.10. The van der Waals surface area contributed by atoms with Crippen LogP contribution in [0.4, 0.5) is 0 Å². The fourth-order valence-electron chi connectivity index (χ4n) is 4.99. The number of nitrogens with one attached hydrogen (secondary N) is 1. The molecule has 2 aromatic rings. The maximum atomic E-state index is 11.7. The molecule has 1 unspecified atom stereocenters. The van der Waals surface area contributed by atoms with Crippen molar-refractivity contribution in [3.8, 4) is 11.5 Å². The number of nitrogens with zero attached hydrogens (tertiary/aromatic N) is 1. The second kappa shape index (κ2) is 10.1. The highest BCUT2D eigenvalue weighted by atomic mass is 16.5. The Kier molecular flexibility index (Phi) is 7.00. The molecule has 160 valence electrons. The Bertz CT molecular complexity index is 861. The van der Waals surface area contributed by atoms with Gasteiger partial charge in [-0.05, 0) is 73.4 Å². The van der Waals surface area contributed by atoms with E-state index in [0.29, 0.717) is 17.2 Å². The molecule has 2 aliphatic rings. The molecule has 0 aliphatic heterocycles. The van der Waals surface area contributed by atoms with E-state index in [9.17, 15) is 4.79 Å². The molecule has 1 aromatic heterocycles. The molecular formula is C25H33N3O2. The van der Waals surface area contributed by atoms with Gasteiger partial charge in [0.1, 0.15) is 17.1 Å². The largest absolute Gasteiger partial charge is 0.456 e. The smallest absolute Gasteiger partial charge is 0.254 e. The summed E-state index contributed by atoms with van der Waals surface area (Å²) >= 11 is 0. The lowest BCUT2D eigenvalue weighted by Gasteiger charge is -2.27. The minimum absolute atomic E-state index is 0.302. The van der Waals surface area contributed by atoms with Gasteiger partial charge in [-0.1, -0.05) is 38.2 Å². The van der Waals surface area contributed by atoms with Crippen molar-refractivity contribution in [3.63, 3.8) is 0 Å². The van der Waals surface area contributed by atoms with Gasteiger partial charge in [0.25, 0.3) is 5.91 Å². The fraction of sp³-hybridized carbons (Fsp3) is 0.520. The number of aromatic nitrogens is 1.